The number of hydrogen-bond acceptors (Lipinski definition) is 1. The quantitative estimate of drug-likeness (QED) is 0.509. The summed E-state index contributed by atoms with van der Waals surface area (Å²) in [6, 6.07) is 1.14. The third-order valence-corrected chi connectivity index (χ3v) is 6.82. The van der Waals surface area contributed by atoms with Gasteiger partial charge in [-0.2, -0.15) is 4.39 Å². The molecule has 0 radical (unpaired) electrons. The maximum absolute atomic E-state index is 14.0. The summed E-state index contributed by atoms with van der Waals surface area (Å²) < 4.78 is 46.3. The van der Waals surface area contributed by atoms with Crippen molar-refractivity contribution in [2.24, 2.45) is 17.8 Å². The average Bonchev–Trinajstić information content (AvgIpc) is 2.67. The Morgan fingerprint density at radius 1 is 0.885 bits per heavy atom. The molecule has 0 spiro atoms. The van der Waals surface area contributed by atoms with E-state index >= 15 is 0 Å². The molecule has 2 fully saturated rings. The first-order valence-corrected chi connectivity index (χ1v) is 10.3. The Morgan fingerprint density at radius 3 is 2.00 bits per heavy atom. The fourth-order valence-electron chi connectivity index (χ4n) is 5.37. The Labute approximate surface area is 155 Å². The Balaban J connectivity index is 1.61. The highest BCUT2D eigenvalue weighted by Crippen LogP contribution is 2.46. The molecule has 0 saturated heterocycles. The molecule has 146 valence electrons. The van der Waals surface area contributed by atoms with Crippen molar-refractivity contribution in [3.63, 3.8) is 0 Å². The van der Waals surface area contributed by atoms with Crippen LogP contribution < -0.4 is 4.74 Å². The molecule has 2 aliphatic rings. The van der Waals surface area contributed by atoms with E-state index in [1.807, 2.05) is 0 Å². The lowest BCUT2D eigenvalue weighted by molar-refractivity contribution is 0.155. The molecule has 1 nitrogen and oxygen atoms in total. The highest BCUT2D eigenvalue weighted by atomic mass is 19.2. The van der Waals surface area contributed by atoms with Crippen LogP contribution in [-0.2, 0) is 0 Å². The second kappa shape index (κ2) is 8.67. The van der Waals surface area contributed by atoms with Gasteiger partial charge in [-0.05, 0) is 68.3 Å². The summed E-state index contributed by atoms with van der Waals surface area (Å²) in [5.41, 5.74) is 0.494. The predicted octanol–water partition coefficient (Wildman–Crippen LogP) is 6.99. The molecule has 0 heterocycles. The molecule has 2 saturated carbocycles. The fourth-order valence-corrected chi connectivity index (χ4v) is 5.37. The molecule has 0 unspecified atom stereocenters. The largest absolute Gasteiger partial charge is 0.493 e. The van der Waals surface area contributed by atoms with E-state index in [4.69, 9.17) is 4.74 Å². The average molecular weight is 368 g/mol. The monoisotopic (exact) mass is 368 g/mol. The highest BCUT2D eigenvalue weighted by molar-refractivity contribution is 5.39. The minimum Gasteiger partial charge on any atom is -0.493 e. The van der Waals surface area contributed by atoms with Gasteiger partial charge in [-0.15, -0.1) is 0 Å². The van der Waals surface area contributed by atoms with Crippen molar-refractivity contribution < 1.29 is 17.9 Å². The van der Waals surface area contributed by atoms with Crippen LogP contribution in [0.4, 0.5) is 13.2 Å². The Hall–Kier alpha value is -1.19. The van der Waals surface area contributed by atoms with E-state index in [1.165, 1.54) is 45.6 Å². The lowest BCUT2D eigenvalue weighted by Gasteiger charge is -2.38. The van der Waals surface area contributed by atoms with Gasteiger partial charge in [0.15, 0.2) is 17.4 Å². The van der Waals surface area contributed by atoms with Crippen molar-refractivity contribution in [3.05, 3.63) is 29.1 Å². The number of rotatable bonds is 5. The van der Waals surface area contributed by atoms with Gasteiger partial charge in [0.05, 0.1) is 7.11 Å². The second-order valence-electron chi connectivity index (χ2n) is 8.29. The molecule has 0 amide bonds. The molecule has 0 aromatic heterocycles. The zero-order valence-electron chi connectivity index (χ0n) is 16.0. The molecule has 4 heteroatoms. The summed E-state index contributed by atoms with van der Waals surface area (Å²) in [7, 11) is 1.32. The number of ether oxygens (including phenoxy) is 1. The Morgan fingerprint density at radius 2 is 1.46 bits per heavy atom. The number of hydrogen-bond donors (Lipinski definition) is 0. The van der Waals surface area contributed by atoms with Crippen LogP contribution in [0.15, 0.2) is 6.07 Å². The minimum absolute atomic E-state index is 0.0576. The van der Waals surface area contributed by atoms with Gasteiger partial charge in [-0.1, -0.05) is 32.6 Å². The van der Waals surface area contributed by atoms with Crippen molar-refractivity contribution >= 4 is 0 Å². The topological polar surface area (TPSA) is 9.23 Å². The normalized spacial score (nSPS) is 29.6. The van der Waals surface area contributed by atoms with Gasteiger partial charge < -0.3 is 4.74 Å². The first kappa shape index (κ1) is 19.6. The number of halogens is 3. The summed E-state index contributed by atoms with van der Waals surface area (Å²) in [4.78, 5) is 0. The zero-order valence-corrected chi connectivity index (χ0v) is 16.0. The molecular weight excluding hydrogens is 337 g/mol. The number of methoxy groups -OCH3 is 1. The lowest BCUT2D eigenvalue weighted by atomic mass is 9.68. The van der Waals surface area contributed by atoms with Crippen molar-refractivity contribution in [3.8, 4) is 5.75 Å². The highest BCUT2D eigenvalue weighted by Gasteiger charge is 2.33. The van der Waals surface area contributed by atoms with Crippen molar-refractivity contribution in [1.82, 2.24) is 0 Å². The molecule has 0 aliphatic heterocycles. The van der Waals surface area contributed by atoms with Crippen LogP contribution in [0.3, 0.4) is 0 Å². The van der Waals surface area contributed by atoms with Gasteiger partial charge in [0.2, 0.25) is 5.82 Å². The smallest absolute Gasteiger partial charge is 0.203 e. The summed E-state index contributed by atoms with van der Waals surface area (Å²) in [5.74, 6) is -1.35. The van der Waals surface area contributed by atoms with Gasteiger partial charge >= 0.3 is 0 Å². The Bertz CT molecular complexity index is 600. The molecule has 0 N–H and O–H groups in total. The van der Waals surface area contributed by atoms with Crippen molar-refractivity contribution in [2.75, 3.05) is 7.11 Å². The van der Waals surface area contributed by atoms with Crippen LogP contribution >= 0.6 is 0 Å². The van der Waals surface area contributed by atoms with E-state index in [0.29, 0.717) is 5.56 Å². The molecule has 0 atom stereocenters. The van der Waals surface area contributed by atoms with Crippen LogP contribution in [0, 0.1) is 35.2 Å². The fraction of sp³-hybridized carbons (Fsp3) is 0.727. The molecule has 1 aromatic rings. The van der Waals surface area contributed by atoms with E-state index in [0.717, 1.165) is 49.5 Å². The van der Waals surface area contributed by atoms with Crippen LogP contribution in [0.2, 0.25) is 0 Å². The van der Waals surface area contributed by atoms with E-state index in [-0.39, 0.29) is 11.7 Å². The van der Waals surface area contributed by atoms with E-state index in [1.54, 1.807) is 0 Å². The predicted molar refractivity (Wildman–Crippen MR) is 97.9 cm³/mol. The van der Waals surface area contributed by atoms with Crippen LogP contribution in [0.25, 0.3) is 0 Å². The molecule has 1 aromatic carbocycles. The standard InChI is InChI=1S/C22H31F3O/c1-3-4-14-5-7-15(8-6-14)16-9-11-17(12-10-16)18-13-19(23)20(24)21(25)22(18)26-2/h13-17H,3-12H2,1-2H3. The van der Waals surface area contributed by atoms with E-state index < -0.39 is 17.5 Å². The molecule has 0 bridgehead atoms. The SMILES string of the molecule is CCCC1CCC(C2CCC(c3cc(F)c(F)c(F)c3OC)CC2)CC1. The van der Waals surface area contributed by atoms with Crippen LogP contribution in [-0.4, -0.2) is 7.11 Å². The number of benzene rings is 1. The minimum atomic E-state index is -1.44. The lowest BCUT2D eigenvalue weighted by Crippen LogP contribution is -2.25. The van der Waals surface area contributed by atoms with Crippen molar-refractivity contribution in [2.45, 2.75) is 77.0 Å². The van der Waals surface area contributed by atoms with E-state index in [2.05, 4.69) is 6.92 Å². The zero-order chi connectivity index (χ0) is 18.7. The van der Waals surface area contributed by atoms with Crippen LogP contribution in [0.1, 0.15) is 82.6 Å². The maximum atomic E-state index is 14.0. The van der Waals surface area contributed by atoms with Crippen molar-refractivity contribution in [1.29, 1.82) is 0 Å². The van der Waals surface area contributed by atoms with Gasteiger partial charge in [0, 0.05) is 5.56 Å². The molecular formula is C22H31F3O. The second-order valence-corrected chi connectivity index (χ2v) is 8.29. The van der Waals surface area contributed by atoms with Gasteiger partial charge in [0.25, 0.3) is 0 Å². The molecule has 3 rings (SSSR count). The maximum Gasteiger partial charge on any atom is 0.203 e. The van der Waals surface area contributed by atoms with Crippen LogP contribution in [0.5, 0.6) is 5.75 Å². The summed E-state index contributed by atoms with van der Waals surface area (Å²) in [5, 5.41) is 0. The third kappa shape index (κ3) is 4.04. The van der Waals surface area contributed by atoms with Gasteiger partial charge in [-0.3, -0.25) is 0 Å². The third-order valence-electron chi connectivity index (χ3n) is 6.82. The summed E-state index contributed by atoms with van der Waals surface area (Å²) in [6.45, 7) is 2.27. The summed E-state index contributed by atoms with van der Waals surface area (Å²) >= 11 is 0. The molecule has 2 aliphatic carbocycles. The van der Waals surface area contributed by atoms with E-state index in [9.17, 15) is 13.2 Å². The first-order valence-electron chi connectivity index (χ1n) is 10.3. The first-order chi connectivity index (χ1) is 12.5. The summed E-state index contributed by atoms with van der Waals surface area (Å²) in [6.07, 6.45) is 12.0. The Kier molecular flexibility index (Phi) is 6.52. The van der Waals surface area contributed by atoms with Gasteiger partial charge in [0.1, 0.15) is 0 Å². The molecule has 26 heavy (non-hydrogen) atoms. The van der Waals surface area contributed by atoms with Gasteiger partial charge in [-0.25, -0.2) is 8.78 Å².